The minimum absolute atomic E-state index is 0.0454. The topological polar surface area (TPSA) is 83.6 Å². The molecule has 0 unspecified atom stereocenters. The number of allylic oxidation sites excluding steroid dienone is 10. The highest BCUT2D eigenvalue weighted by molar-refractivity contribution is 6.33. The highest BCUT2D eigenvalue weighted by Crippen LogP contribution is 2.47. The summed E-state index contributed by atoms with van der Waals surface area (Å²) in [7, 11) is 0. The number of ketones is 2. The number of alkyl halides is 6. The van der Waals surface area contributed by atoms with Crippen LogP contribution in [0.15, 0.2) is 121 Å². The van der Waals surface area contributed by atoms with Crippen LogP contribution in [0, 0.1) is 21.7 Å². The van der Waals surface area contributed by atoms with Gasteiger partial charge in [-0.25, -0.2) is 0 Å². The van der Waals surface area contributed by atoms with Gasteiger partial charge in [-0.15, -0.1) is 5.11 Å². The average Bonchev–Trinajstić information content (AvgIpc) is 3.03. The van der Waals surface area contributed by atoms with Gasteiger partial charge in [0, 0.05) is 22.3 Å². The van der Waals surface area contributed by atoms with Crippen molar-refractivity contribution in [3.63, 3.8) is 0 Å². The molecule has 4 rings (SSSR count). The second-order valence-electron chi connectivity index (χ2n) is 18.2. The molecule has 13 heteroatoms. The first-order chi connectivity index (χ1) is 25.8. The second kappa shape index (κ2) is 15.6. The van der Waals surface area contributed by atoms with E-state index in [-0.39, 0.29) is 27.8 Å². The highest BCUT2D eigenvalue weighted by atomic mass is 35.5. The first-order valence-corrected chi connectivity index (χ1v) is 18.5. The lowest BCUT2D eigenvalue weighted by atomic mass is 9.72. The number of rotatable bonds is 5. The van der Waals surface area contributed by atoms with Crippen LogP contribution in [0.1, 0.15) is 94.2 Å². The van der Waals surface area contributed by atoms with Crippen LogP contribution in [-0.2, 0) is 21.9 Å². The van der Waals surface area contributed by atoms with E-state index in [1.807, 2.05) is 83.1 Å². The molecule has 0 aliphatic heterocycles. The first kappa shape index (κ1) is 45.0. The maximum Gasteiger partial charge on any atom is 0.418 e. The van der Waals surface area contributed by atoms with Crippen LogP contribution in [0.2, 0.25) is 5.02 Å². The molecule has 304 valence electrons. The number of azo groups is 2. The van der Waals surface area contributed by atoms with Gasteiger partial charge in [0.15, 0.2) is 11.6 Å². The molecule has 2 aliphatic rings. The standard InChI is InChI=1S/C44H47ClF6N4O2/c1-39(2,3)30-15-24(16-31(37(30)56)40(4,5)6)22-52-54-35-14-13-26(19-34(35)45)27-20-29(44(49,50)51)36(21-28(27)43(46,47)48)55-53-23-25-17-32(41(7,8)9)38(57)33(18-25)42(10,11)12/h13-23H,1-12H3. The smallest absolute Gasteiger partial charge is 0.289 e. The molecule has 0 fully saturated rings. The molecule has 57 heavy (non-hydrogen) atoms. The maximum absolute atomic E-state index is 14.5. The van der Waals surface area contributed by atoms with E-state index in [1.165, 1.54) is 18.3 Å². The largest absolute Gasteiger partial charge is 0.418 e. The number of hydrogen-bond donors (Lipinski definition) is 0. The van der Waals surface area contributed by atoms with Crippen molar-refractivity contribution in [2.45, 2.75) is 95.4 Å². The van der Waals surface area contributed by atoms with Crippen LogP contribution in [-0.4, -0.2) is 11.6 Å². The van der Waals surface area contributed by atoms with Crippen molar-refractivity contribution < 1.29 is 35.9 Å². The molecule has 2 aliphatic carbocycles. The Morgan fingerprint density at radius 1 is 0.509 bits per heavy atom. The first-order valence-electron chi connectivity index (χ1n) is 18.1. The van der Waals surface area contributed by atoms with Gasteiger partial charge in [-0.3, -0.25) is 9.59 Å². The van der Waals surface area contributed by atoms with Crippen molar-refractivity contribution in [2.24, 2.45) is 42.1 Å². The summed E-state index contributed by atoms with van der Waals surface area (Å²) in [5, 5.41) is 15.4. The van der Waals surface area contributed by atoms with Gasteiger partial charge in [0.1, 0.15) is 5.69 Å². The van der Waals surface area contributed by atoms with Crippen molar-refractivity contribution >= 4 is 34.5 Å². The van der Waals surface area contributed by atoms with Gasteiger partial charge in [-0.1, -0.05) is 101 Å². The fourth-order valence-electron chi connectivity index (χ4n) is 6.12. The molecule has 0 saturated carbocycles. The monoisotopic (exact) mass is 812 g/mol. The fourth-order valence-corrected chi connectivity index (χ4v) is 6.34. The normalized spacial score (nSPS) is 16.6. The van der Waals surface area contributed by atoms with Gasteiger partial charge < -0.3 is 0 Å². The molecule has 0 radical (unpaired) electrons. The third-order valence-electron chi connectivity index (χ3n) is 9.20. The van der Waals surface area contributed by atoms with E-state index in [0.717, 1.165) is 12.3 Å². The number of carbonyl (C=O) groups excluding carboxylic acids is 2. The van der Waals surface area contributed by atoms with Gasteiger partial charge in [-0.2, -0.15) is 41.7 Å². The number of halogens is 7. The Morgan fingerprint density at radius 2 is 0.877 bits per heavy atom. The zero-order chi connectivity index (χ0) is 43.3. The van der Waals surface area contributed by atoms with Crippen LogP contribution in [0.5, 0.6) is 0 Å². The molecular weight excluding hydrogens is 766 g/mol. The number of carbonyl (C=O) groups is 2. The summed E-state index contributed by atoms with van der Waals surface area (Å²) in [6.07, 6.45) is -1.15. The van der Waals surface area contributed by atoms with Gasteiger partial charge >= 0.3 is 12.4 Å². The molecule has 0 spiro atoms. The van der Waals surface area contributed by atoms with Crippen molar-refractivity contribution in [1.29, 1.82) is 0 Å². The van der Waals surface area contributed by atoms with E-state index >= 15 is 0 Å². The Hall–Kier alpha value is -4.71. The van der Waals surface area contributed by atoms with Gasteiger partial charge in [-0.05, 0) is 92.5 Å². The molecule has 0 N–H and O–H groups in total. The minimum atomic E-state index is -5.12. The van der Waals surface area contributed by atoms with Crippen LogP contribution >= 0.6 is 11.6 Å². The van der Waals surface area contributed by atoms with E-state index in [2.05, 4.69) is 20.5 Å². The average molecular weight is 813 g/mol. The van der Waals surface area contributed by atoms with Gasteiger partial charge in [0.05, 0.1) is 34.2 Å². The summed E-state index contributed by atoms with van der Waals surface area (Å²) in [4.78, 5) is 26.5. The molecule has 6 nitrogen and oxygen atoms in total. The van der Waals surface area contributed by atoms with E-state index < -0.39 is 56.4 Å². The molecule has 0 atom stereocenters. The van der Waals surface area contributed by atoms with Crippen molar-refractivity contribution in [3.8, 4) is 11.1 Å². The number of hydrogen-bond acceptors (Lipinski definition) is 6. The van der Waals surface area contributed by atoms with E-state index in [1.54, 1.807) is 24.3 Å². The molecule has 0 heterocycles. The summed E-state index contributed by atoms with van der Waals surface area (Å²) in [6, 6.07) is 4.17. The van der Waals surface area contributed by atoms with Gasteiger partial charge in [0.2, 0.25) is 0 Å². The number of nitrogens with zero attached hydrogens (tertiary/aromatic N) is 4. The Balaban J connectivity index is 1.78. The minimum Gasteiger partial charge on any atom is -0.289 e. The fraction of sp³-hybridized carbons (Fsp3) is 0.409. The van der Waals surface area contributed by atoms with Crippen LogP contribution in [0.25, 0.3) is 11.1 Å². The Morgan fingerprint density at radius 3 is 1.21 bits per heavy atom. The molecule has 0 aromatic heterocycles. The summed E-state index contributed by atoms with van der Waals surface area (Å²) in [5.41, 5.74) is -3.98. The lowest BCUT2D eigenvalue weighted by molar-refractivity contribution is -0.140. The van der Waals surface area contributed by atoms with Crippen LogP contribution in [0.4, 0.5) is 37.7 Å². The SMILES string of the molecule is CC(C)(C)C1=CC(=CN=Nc2ccc(-c3cc(C(F)(F)F)c(N=NC=C4C=C(C(C)(C)C)C(=O)C(C(C)(C)C)=C4)cc3C(F)(F)F)cc2Cl)C=C(C(C)(C)C)C1=O. The Labute approximate surface area is 335 Å². The number of benzene rings is 2. The summed E-state index contributed by atoms with van der Waals surface area (Å²) in [6.45, 7) is 22.5. The van der Waals surface area contributed by atoms with Crippen LogP contribution in [0.3, 0.4) is 0 Å². The molecule has 2 aromatic carbocycles. The highest BCUT2D eigenvalue weighted by Gasteiger charge is 2.41. The molecule has 2 aromatic rings. The van der Waals surface area contributed by atoms with Crippen molar-refractivity contribution in [2.75, 3.05) is 0 Å². The molecule has 0 amide bonds. The lowest BCUT2D eigenvalue weighted by Crippen LogP contribution is -2.27. The van der Waals surface area contributed by atoms with E-state index in [4.69, 9.17) is 11.6 Å². The second-order valence-corrected chi connectivity index (χ2v) is 18.6. The van der Waals surface area contributed by atoms with E-state index in [9.17, 15) is 35.9 Å². The quantitative estimate of drug-likeness (QED) is 0.222. The molecule has 0 saturated heterocycles. The zero-order valence-corrected chi connectivity index (χ0v) is 34.9. The summed E-state index contributed by atoms with van der Waals surface area (Å²) in [5.74, 6) is -0.250. The summed E-state index contributed by atoms with van der Waals surface area (Å²) >= 11 is 6.42. The molecular formula is C44H47ClF6N4O2. The van der Waals surface area contributed by atoms with Crippen molar-refractivity contribution in [3.05, 3.63) is 117 Å². The van der Waals surface area contributed by atoms with Crippen LogP contribution < -0.4 is 0 Å². The predicted octanol–water partition coefficient (Wildman–Crippen LogP) is 15.0. The van der Waals surface area contributed by atoms with E-state index in [0.29, 0.717) is 45.6 Å². The Bertz CT molecular complexity index is 2160. The number of Topliss-reactive ketones (excluding diaryl/α,β-unsaturated/α-hetero) is 2. The maximum atomic E-state index is 14.5. The van der Waals surface area contributed by atoms with Crippen molar-refractivity contribution in [1.82, 2.24) is 0 Å². The zero-order valence-electron chi connectivity index (χ0n) is 34.1. The summed E-state index contributed by atoms with van der Waals surface area (Å²) < 4.78 is 87.0. The van der Waals surface area contributed by atoms with Gasteiger partial charge in [0.25, 0.3) is 0 Å². The predicted molar refractivity (Wildman–Crippen MR) is 212 cm³/mol. The molecule has 0 bridgehead atoms. The third kappa shape index (κ3) is 10.6. The third-order valence-corrected chi connectivity index (χ3v) is 9.51. The Kier molecular flexibility index (Phi) is 12.3. The lowest BCUT2D eigenvalue weighted by Gasteiger charge is -2.31.